The molecule has 1 saturated carbocycles. The van der Waals surface area contributed by atoms with E-state index in [1.54, 1.807) is 13.3 Å². The summed E-state index contributed by atoms with van der Waals surface area (Å²) >= 11 is 0. The van der Waals surface area contributed by atoms with Crippen molar-refractivity contribution < 1.29 is 4.42 Å². The molecule has 144 valence electrons. The molecule has 0 amide bonds. The molecule has 2 aromatic rings. The summed E-state index contributed by atoms with van der Waals surface area (Å²) in [4.78, 5) is 9.84. The zero-order valence-corrected chi connectivity index (χ0v) is 16.0. The number of hydrogen-bond acceptors (Lipinski definition) is 7. The van der Waals surface area contributed by atoms with Crippen LogP contribution in [0.3, 0.4) is 0 Å². The molecule has 8 heteroatoms. The minimum Gasteiger partial charge on any atom is -0.408 e. The predicted molar refractivity (Wildman–Crippen MR) is 105 cm³/mol. The van der Waals surface area contributed by atoms with Crippen molar-refractivity contribution in [1.29, 1.82) is 0 Å². The van der Waals surface area contributed by atoms with E-state index in [1.165, 1.54) is 18.4 Å². The molecule has 1 N–H and O–H groups in total. The fourth-order valence-electron chi connectivity index (χ4n) is 3.87. The maximum atomic E-state index is 5.69. The lowest BCUT2D eigenvalue weighted by Crippen LogP contribution is -2.37. The van der Waals surface area contributed by atoms with Crippen molar-refractivity contribution in [3.05, 3.63) is 59.3 Å². The highest BCUT2D eigenvalue weighted by Crippen LogP contribution is 2.42. The van der Waals surface area contributed by atoms with Crippen molar-refractivity contribution in [3.8, 4) is 0 Å². The SMILES string of the molecule is C/C=C1/C(C2CC2)=CC=CN1/N=C/[C@H]1c2nc[nH]c2CCN1c1nnc(C)o1. The highest BCUT2D eigenvalue weighted by molar-refractivity contribution is 5.72. The molecule has 1 atom stereocenters. The quantitative estimate of drug-likeness (QED) is 0.823. The summed E-state index contributed by atoms with van der Waals surface area (Å²) in [6.07, 6.45) is 15.4. The van der Waals surface area contributed by atoms with E-state index >= 15 is 0 Å². The van der Waals surface area contributed by atoms with Gasteiger partial charge in [0.15, 0.2) is 0 Å². The number of fused-ring (bicyclic) bond motifs is 1. The van der Waals surface area contributed by atoms with Gasteiger partial charge >= 0.3 is 6.01 Å². The van der Waals surface area contributed by atoms with Crippen molar-refractivity contribution in [2.75, 3.05) is 11.4 Å². The minimum absolute atomic E-state index is 0.170. The molecular formula is C20H23N7O. The first-order valence-electron chi connectivity index (χ1n) is 9.72. The summed E-state index contributed by atoms with van der Waals surface area (Å²) in [7, 11) is 0. The molecule has 0 bridgehead atoms. The number of nitrogens with zero attached hydrogens (tertiary/aromatic N) is 6. The zero-order valence-electron chi connectivity index (χ0n) is 16.0. The zero-order chi connectivity index (χ0) is 19.1. The van der Waals surface area contributed by atoms with E-state index in [4.69, 9.17) is 9.52 Å². The van der Waals surface area contributed by atoms with E-state index in [2.05, 4.69) is 50.2 Å². The second kappa shape index (κ2) is 6.78. The predicted octanol–water partition coefficient (Wildman–Crippen LogP) is 3.26. The van der Waals surface area contributed by atoms with Crippen LogP contribution >= 0.6 is 0 Å². The van der Waals surface area contributed by atoms with Gasteiger partial charge in [-0.1, -0.05) is 17.3 Å². The van der Waals surface area contributed by atoms with Crippen LogP contribution in [0.2, 0.25) is 0 Å². The molecule has 28 heavy (non-hydrogen) atoms. The van der Waals surface area contributed by atoms with Gasteiger partial charge in [-0.2, -0.15) is 5.10 Å². The molecule has 3 aliphatic rings. The van der Waals surface area contributed by atoms with Crippen LogP contribution in [0.1, 0.15) is 43.1 Å². The number of allylic oxidation sites excluding steroid dienone is 4. The van der Waals surface area contributed by atoms with Gasteiger partial charge < -0.3 is 14.3 Å². The van der Waals surface area contributed by atoms with E-state index in [1.807, 2.05) is 17.4 Å². The van der Waals surface area contributed by atoms with Crippen LogP contribution in [-0.4, -0.2) is 37.9 Å². The van der Waals surface area contributed by atoms with Crippen molar-refractivity contribution in [1.82, 2.24) is 25.2 Å². The van der Waals surface area contributed by atoms with Gasteiger partial charge in [-0.25, -0.2) is 9.99 Å². The molecule has 2 aliphatic heterocycles. The van der Waals surface area contributed by atoms with Gasteiger partial charge in [0.1, 0.15) is 6.04 Å². The van der Waals surface area contributed by atoms with Gasteiger partial charge in [-0.15, -0.1) is 5.10 Å². The van der Waals surface area contributed by atoms with Crippen LogP contribution in [-0.2, 0) is 6.42 Å². The molecule has 0 spiro atoms. The van der Waals surface area contributed by atoms with Crippen molar-refractivity contribution in [3.63, 3.8) is 0 Å². The van der Waals surface area contributed by atoms with Crippen molar-refractivity contribution in [2.24, 2.45) is 11.0 Å². The van der Waals surface area contributed by atoms with Crippen LogP contribution in [0.15, 0.2) is 51.5 Å². The molecule has 8 nitrogen and oxygen atoms in total. The monoisotopic (exact) mass is 377 g/mol. The number of aromatic amines is 1. The Hall–Kier alpha value is -3.16. The number of hydrogen-bond donors (Lipinski definition) is 1. The molecule has 1 fully saturated rings. The lowest BCUT2D eigenvalue weighted by Gasteiger charge is -2.31. The first kappa shape index (κ1) is 17.0. The second-order valence-electron chi connectivity index (χ2n) is 7.28. The smallest absolute Gasteiger partial charge is 0.319 e. The van der Waals surface area contributed by atoms with Gasteiger partial charge in [-0.3, -0.25) is 0 Å². The van der Waals surface area contributed by atoms with E-state index in [0.717, 1.165) is 30.1 Å². The first-order valence-corrected chi connectivity index (χ1v) is 9.72. The summed E-state index contributed by atoms with van der Waals surface area (Å²) in [5, 5.41) is 14.9. The van der Waals surface area contributed by atoms with E-state index < -0.39 is 0 Å². The van der Waals surface area contributed by atoms with Crippen LogP contribution < -0.4 is 4.90 Å². The summed E-state index contributed by atoms with van der Waals surface area (Å²) in [5.41, 5.74) is 4.60. The van der Waals surface area contributed by atoms with Gasteiger partial charge in [0.2, 0.25) is 5.89 Å². The highest BCUT2D eigenvalue weighted by Gasteiger charge is 2.33. The Bertz CT molecular complexity index is 992. The third kappa shape index (κ3) is 2.94. The van der Waals surface area contributed by atoms with Crippen LogP contribution in [0, 0.1) is 12.8 Å². The van der Waals surface area contributed by atoms with E-state index in [9.17, 15) is 0 Å². The van der Waals surface area contributed by atoms with Crippen LogP contribution in [0.5, 0.6) is 0 Å². The Kier molecular flexibility index (Phi) is 4.11. The fourth-order valence-corrected chi connectivity index (χ4v) is 3.87. The largest absolute Gasteiger partial charge is 0.408 e. The molecule has 5 rings (SSSR count). The Morgan fingerprint density at radius 3 is 2.96 bits per heavy atom. The lowest BCUT2D eigenvalue weighted by molar-refractivity contribution is 0.477. The highest BCUT2D eigenvalue weighted by atomic mass is 16.4. The van der Waals surface area contributed by atoms with E-state index in [0.29, 0.717) is 17.8 Å². The molecule has 0 radical (unpaired) electrons. The minimum atomic E-state index is -0.170. The Morgan fingerprint density at radius 2 is 2.21 bits per heavy atom. The molecule has 2 aromatic heterocycles. The number of anilines is 1. The van der Waals surface area contributed by atoms with E-state index in [-0.39, 0.29) is 6.04 Å². The Morgan fingerprint density at radius 1 is 1.32 bits per heavy atom. The molecular weight excluding hydrogens is 354 g/mol. The van der Waals surface area contributed by atoms with Gasteiger partial charge in [0.05, 0.1) is 23.9 Å². The normalized spacial score (nSPS) is 23.6. The van der Waals surface area contributed by atoms with Crippen molar-refractivity contribution >= 4 is 12.2 Å². The summed E-state index contributed by atoms with van der Waals surface area (Å²) in [5.74, 6) is 1.22. The first-order chi connectivity index (χ1) is 13.7. The average molecular weight is 377 g/mol. The number of H-pyrrole nitrogens is 1. The van der Waals surface area contributed by atoms with Crippen LogP contribution in [0.25, 0.3) is 0 Å². The number of aromatic nitrogens is 4. The number of rotatable bonds is 4. The molecule has 1 aliphatic carbocycles. The molecule has 0 saturated heterocycles. The molecule has 4 heterocycles. The van der Waals surface area contributed by atoms with Crippen molar-refractivity contribution in [2.45, 2.75) is 39.2 Å². The summed E-state index contributed by atoms with van der Waals surface area (Å²) in [6.45, 7) is 4.62. The standard InChI is InChI=1S/C20H23N7O/c1-3-17-15(14-6-7-14)5-4-9-27(17)23-11-18-19-16(21-12-22-19)8-10-26(18)20-25-24-13(2)28-20/h3-5,9,11-12,14,18H,6-8,10H2,1-2H3,(H,21,22)/b17-3-,23-11+/t18-/m0/s1. The second-order valence-corrected chi connectivity index (χ2v) is 7.28. The fraction of sp³-hybridized carbons (Fsp3) is 0.400. The molecule has 0 unspecified atom stereocenters. The summed E-state index contributed by atoms with van der Waals surface area (Å²) in [6, 6.07) is 0.332. The number of imidazole rings is 1. The van der Waals surface area contributed by atoms with Gasteiger partial charge in [-0.05, 0) is 37.3 Å². The molecule has 0 aromatic carbocycles. The lowest BCUT2D eigenvalue weighted by atomic mass is 10.0. The van der Waals surface area contributed by atoms with Crippen LogP contribution in [0.4, 0.5) is 6.01 Å². The van der Waals surface area contributed by atoms with Gasteiger partial charge in [0.25, 0.3) is 0 Å². The average Bonchev–Trinajstić information content (AvgIpc) is 3.29. The van der Waals surface area contributed by atoms with Gasteiger partial charge in [0, 0.05) is 31.8 Å². The summed E-state index contributed by atoms with van der Waals surface area (Å²) < 4.78 is 5.69. The topological polar surface area (TPSA) is 86.4 Å². The third-order valence-electron chi connectivity index (χ3n) is 5.40. The number of hydrazone groups is 1. The number of nitrogens with one attached hydrogen (secondary N) is 1. The number of aryl methyl sites for hydroxylation is 1. The Labute approximate surface area is 163 Å². The third-order valence-corrected chi connectivity index (χ3v) is 5.40. The maximum absolute atomic E-state index is 5.69. The Balaban J connectivity index is 1.46. The maximum Gasteiger partial charge on any atom is 0.319 e.